The minimum absolute atomic E-state index is 0.0111. The molecule has 0 radical (unpaired) electrons. The molecule has 1 aromatic carbocycles. The zero-order chi connectivity index (χ0) is 20.6. The fourth-order valence-electron chi connectivity index (χ4n) is 3.34. The fraction of sp³-hybridized carbons (Fsp3) is 0.476. The van der Waals surface area contributed by atoms with Crippen molar-refractivity contribution in [3.05, 3.63) is 42.2 Å². The number of piperidine rings is 1. The Hall–Kier alpha value is -2.71. The van der Waals surface area contributed by atoms with E-state index in [1.807, 2.05) is 17.0 Å². The Balaban J connectivity index is 1.62. The molecule has 1 aliphatic rings. The van der Waals surface area contributed by atoms with Crippen molar-refractivity contribution in [2.75, 3.05) is 38.7 Å². The molecule has 1 aromatic heterocycles. The van der Waals surface area contributed by atoms with Crippen molar-refractivity contribution in [2.45, 2.75) is 32.3 Å². The molecule has 1 unspecified atom stereocenters. The van der Waals surface area contributed by atoms with E-state index in [-0.39, 0.29) is 24.5 Å². The Bertz CT molecular complexity index is 818. The summed E-state index contributed by atoms with van der Waals surface area (Å²) in [4.78, 5) is 26.3. The number of rotatable bonds is 8. The number of hydrogen-bond donors (Lipinski definition) is 1. The Labute approximate surface area is 170 Å². The molecule has 2 heterocycles. The van der Waals surface area contributed by atoms with Crippen LogP contribution in [0.4, 0.5) is 5.69 Å². The highest BCUT2D eigenvalue weighted by Crippen LogP contribution is 2.18. The lowest BCUT2D eigenvalue weighted by Gasteiger charge is -2.32. The first-order chi connectivity index (χ1) is 14.1. The summed E-state index contributed by atoms with van der Waals surface area (Å²) in [5.41, 5.74) is 2.03. The van der Waals surface area contributed by atoms with Crippen LogP contribution in [0, 0.1) is 0 Å². The van der Waals surface area contributed by atoms with Gasteiger partial charge in [-0.25, -0.2) is 4.68 Å². The number of ether oxygens (including phenoxy) is 2. The summed E-state index contributed by atoms with van der Waals surface area (Å²) in [6, 6.07) is 7.30. The summed E-state index contributed by atoms with van der Waals surface area (Å²) in [7, 11) is 1.47. The molecule has 1 N–H and O–H groups in total. The van der Waals surface area contributed by atoms with E-state index in [9.17, 15) is 9.59 Å². The van der Waals surface area contributed by atoms with E-state index in [0.717, 1.165) is 38.1 Å². The van der Waals surface area contributed by atoms with Gasteiger partial charge in [-0.15, -0.1) is 0 Å². The number of methoxy groups -OCH3 is 1. The SMILES string of the molecule is CCCOC1CCCN(C(=O)c2ccc(-n3cc(NC(=O)COC)cn3)cc2)C1. The van der Waals surface area contributed by atoms with Crippen LogP contribution in [0.3, 0.4) is 0 Å². The van der Waals surface area contributed by atoms with Gasteiger partial charge < -0.3 is 19.7 Å². The van der Waals surface area contributed by atoms with Gasteiger partial charge in [0.2, 0.25) is 5.91 Å². The minimum atomic E-state index is -0.240. The monoisotopic (exact) mass is 400 g/mol. The summed E-state index contributed by atoms with van der Waals surface area (Å²) < 4.78 is 12.3. The van der Waals surface area contributed by atoms with Crippen molar-refractivity contribution < 1.29 is 19.1 Å². The molecule has 1 aliphatic heterocycles. The Morgan fingerprint density at radius 2 is 2.07 bits per heavy atom. The first-order valence-corrected chi connectivity index (χ1v) is 9.95. The Morgan fingerprint density at radius 1 is 1.28 bits per heavy atom. The summed E-state index contributed by atoms with van der Waals surface area (Å²) in [6.45, 7) is 4.21. The van der Waals surface area contributed by atoms with E-state index >= 15 is 0 Å². The molecule has 8 heteroatoms. The summed E-state index contributed by atoms with van der Waals surface area (Å²) >= 11 is 0. The molecule has 0 spiro atoms. The molecule has 1 fully saturated rings. The molecular formula is C21H28N4O4. The van der Waals surface area contributed by atoms with Gasteiger partial charge in [0.15, 0.2) is 0 Å². The number of nitrogens with zero attached hydrogens (tertiary/aromatic N) is 3. The van der Waals surface area contributed by atoms with E-state index in [0.29, 0.717) is 17.8 Å². The highest BCUT2D eigenvalue weighted by atomic mass is 16.5. The average molecular weight is 400 g/mol. The van der Waals surface area contributed by atoms with Crippen LogP contribution in [-0.4, -0.2) is 66.0 Å². The number of nitrogens with one attached hydrogen (secondary N) is 1. The van der Waals surface area contributed by atoms with E-state index < -0.39 is 0 Å². The molecule has 2 amide bonds. The van der Waals surface area contributed by atoms with Gasteiger partial charge in [-0.05, 0) is 43.5 Å². The number of carbonyl (C=O) groups excluding carboxylic acids is 2. The van der Waals surface area contributed by atoms with Gasteiger partial charge in [-0.1, -0.05) is 6.92 Å². The highest BCUT2D eigenvalue weighted by Gasteiger charge is 2.24. The second kappa shape index (κ2) is 10.2. The molecule has 156 valence electrons. The molecule has 1 atom stereocenters. The van der Waals surface area contributed by atoms with E-state index in [2.05, 4.69) is 17.3 Å². The summed E-state index contributed by atoms with van der Waals surface area (Å²) in [5.74, 6) is -0.218. The maximum absolute atomic E-state index is 12.8. The Morgan fingerprint density at radius 3 is 2.79 bits per heavy atom. The van der Waals surface area contributed by atoms with Crippen molar-refractivity contribution >= 4 is 17.5 Å². The first kappa shape index (κ1) is 21.0. The van der Waals surface area contributed by atoms with Gasteiger partial charge in [0, 0.05) is 32.4 Å². The van der Waals surface area contributed by atoms with Crippen LogP contribution in [0.25, 0.3) is 5.69 Å². The van der Waals surface area contributed by atoms with Crippen LogP contribution in [0.2, 0.25) is 0 Å². The van der Waals surface area contributed by atoms with Gasteiger partial charge in [-0.3, -0.25) is 9.59 Å². The zero-order valence-electron chi connectivity index (χ0n) is 17.0. The van der Waals surface area contributed by atoms with Crippen molar-refractivity contribution in [1.29, 1.82) is 0 Å². The van der Waals surface area contributed by atoms with Gasteiger partial charge in [0.25, 0.3) is 5.91 Å². The number of hydrogen-bond acceptors (Lipinski definition) is 5. The molecule has 0 saturated carbocycles. The number of carbonyl (C=O) groups is 2. The van der Waals surface area contributed by atoms with Gasteiger partial charge in [-0.2, -0.15) is 5.10 Å². The molecule has 1 saturated heterocycles. The van der Waals surface area contributed by atoms with Crippen LogP contribution in [0.15, 0.2) is 36.7 Å². The third-order valence-corrected chi connectivity index (χ3v) is 4.74. The summed E-state index contributed by atoms with van der Waals surface area (Å²) in [6.07, 6.45) is 6.36. The lowest BCUT2D eigenvalue weighted by atomic mass is 10.1. The molecule has 0 bridgehead atoms. The number of anilines is 1. The van der Waals surface area contributed by atoms with Crippen LogP contribution < -0.4 is 5.32 Å². The van der Waals surface area contributed by atoms with E-state index in [4.69, 9.17) is 9.47 Å². The molecular weight excluding hydrogens is 372 g/mol. The second-order valence-corrected chi connectivity index (χ2v) is 7.09. The van der Waals surface area contributed by atoms with Crippen LogP contribution in [-0.2, 0) is 14.3 Å². The van der Waals surface area contributed by atoms with Crippen molar-refractivity contribution in [3.63, 3.8) is 0 Å². The predicted octanol–water partition coefficient (Wildman–Crippen LogP) is 2.49. The smallest absolute Gasteiger partial charge is 0.253 e. The van der Waals surface area contributed by atoms with Crippen LogP contribution in [0.5, 0.6) is 0 Å². The average Bonchev–Trinajstić information content (AvgIpc) is 3.20. The molecule has 2 aromatic rings. The topological polar surface area (TPSA) is 85.7 Å². The maximum atomic E-state index is 12.8. The van der Waals surface area contributed by atoms with Crippen molar-refractivity contribution in [3.8, 4) is 5.69 Å². The van der Waals surface area contributed by atoms with Gasteiger partial charge >= 0.3 is 0 Å². The van der Waals surface area contributed by atoms with Gasteiger partial charge in [0.1, 0.15) is 6.61 Å². The predicted molar refractivity (Wildman–Crippen MR) is 109 cm³/mol. The zero-order valence-corrected chi connectivity index (χ0v) is 17.0. The quantitative estimate of drug-likeness (QED) is 0.736. The van der Waals surface area contributed by atoms with Crippen molar-refractivity contribution in [1.82, 2.24) is 14.7 Å². The highest BCUT2D eigenvalue weighted by molar-refractivity contribution is 5.94. The van der Waals surface area contributed by atoms with E-state index in [1.165, 1.54) is 7.11 Å². The first-order valence-electron chi connectivity index (χ1n) is 9.95. The molecule has 29 heavy (non-hydrogen) atoms. The van der Waals surface area contributed by atoms with Crippen LogP contribution in [0.1, 0.15) is 36.5 Å². The normalized spacial score (nSPS) is 16.6. The molecule has 8 nitrogen and oxygen atoms in total. The van der Waals surface area contributed by atoms with E-state index in [1.54, 1.807) is 29.2 Å². The lowest BCUT2D eigenvalue weighted by Crippen LogP contribution is -2.43. The Kier molecular flexibility index (Phi) is 7.37. The van der Waals surface area contributed by atoms with Crippen molar-refractivity contribution in [2.24, 2.45) is 0 Å². The standard InChI is InChI=1S/C21H28N4O4/c1-3-11-29-19-5-4-10-24(14-19)21(27)16-6-8-18(9-7-16)25-13-17(12-22-25)23-20(26)15-28-2/h6-9,12-13,19H,3-5,10-11,14-15H2,1-2H3,(H,23,26). The molecule has 3 rings (SSSR count). The lowest BCUT2D eigenvalue weighted by molar-refractivity contribution is -0.119. The van der Waals surface area contributed by atoms with Crippen LogP contribution >= 0.6 is 0 Å². The number of amides is 2. The number of benzene rings is 1. The molecule has 0 aliphatic carbocycles. The third kappa shape index (κ3) is 5.65. The fourth-order valence-corrected chi connectivity index (χ4v) is 3.34. The largest absolute Gasteiger partial charge is 0.376 e. The third-order valence-electron chi connectivity index (χ3n) is 4.74. The second-order valence-electron chi connectivity index (χ2n) is 7.09. The number of likely N-dealkylation sites (tertiary alicyclic amines) is 1. The number of aromatic nitrogens is 2. The summed E-state index contributed by atoms with van der Waals surface area (Å²) in [5, 5.41) is 6.96. The maximum Gasteiger partial charge on any atom is 0.253 e. The van der Waals surface area contributed by atoms with Gasteiger partial charge in [0.05, 0.1) is 29.9 Å². The minimum Gasteiger partial charge on any atom is -0.376 e.